The van der Waals surface area contributed by atoms with Gasteiger partial charge in [-0.05, 0) is 11.8 Å². The summed E-state index contributed by atoms with van der Waals surface area (Å²) in [6, 6.07) is 34.4. The molecule has 0 aliphatic carbocycles. The van der Waals surface area contributed by atoms with Crippen molar-refractivity contribution >= 4 is 9.52 Å². The van der Waals surface area contributed by atoms with E-state index < -0.39 is 0 Å². The van der Waals surface area contributed by atoms with Crippen LogP contribution in [0.2, 0.25) is 11.1 Å². The molecule has 40 heavy (non-hydrogen) atoms. The van der Waals surface area contributed by atoms with E-state index in [2.05, 4.69) is 152 Å². The van der Waals surface area contributed by atoms with Crippen molar-refractivity contribution in [3.63, 3.8) is 0 Å². The van der Waals surface area contributed by atoms with Crippen LogP contribution in [0.25, 0.3) is 22.3 Å². The Morgan fingerprint density at radius 1 is 0.550 bits per heavy atom. The quantitative estimate of drug-likeness (QED) is 0.177. The van der Waals surface area contributed by atoms with Gasteiger partial charge in [-0.1, -0.05) is 151 Å². The molecule has 4 aromatic carbocycles. The molecule has 0 heterocycles. The molecule has 4 rings (SSSR count). The standard InChI is InChI=1S/2C14H15.C8H19Si.2ClH.Zr/c2*1-11(2)13-8-9-14(10-13)12-6-4-3-5-7-12;1-5-7(3)9-8(4)6-2;;;/h2*3-11H,1-2H3;7-9H,5-6H2,1-4H3;2*1H;/q2*-1;;;;+4/p-2. The van der Waals surface area contributed by atoms with Crippen LogP contribution >= 0.6 is 0 Å². The van der Waals surface area contributed by atoms with Gasteiger partial charge >= 0.3 is 26.2 Å². The molecule has 0 aliphatic rings. The molecule has 0 saturated carbocycles. The molecule has 4 heteroatoms. The topological polar surface area (TPSA) is 0 Å². The summed E-state index contributed by atoms with van der Waals surface area (Å²) < 4.78 is 0. The molecule has 0 aromatic heterocycles. The molecular formula is C36H49Cl2SiZr. The molecule has 0 N–H and O–H groups in total. The van der Waals surface area contributed by atoms with Crippen LogP contribution in [0.5, 0.6) is 0 Å². The Kier molecular flexibility index (Phi) is 23.0. The number of hydrogen-bond donors (Lipinski definition) is 0. The molecule has 0 spiro atoms. The number of halogens is 2. The van der Waals surface area contributed by atoms with Gasteiger partial charge in [0.25, 0.3) is 0 Å². The summed E-state index contributed by atoms with van der Waals surface area (Å²) in [5, 5.41) is 0. The van der Waals surface area contributed by atoms with Crippen molar-refractivity contribution in [3.05, 3.63) is 108 Å². The van der Waals surface area contributed by atoms with Crippen molar-refractivity contribution in [2.75, 3.05) is 0 Å². The van der Waals surface area contributed by atoms with Gasteiger partial charge in [0.2, 0.25) is 0 Å². The molecule has 2 atom stereocenters. The third kappa shape index (κ3) is 14.6. The van der Waals surface area contributed by atoms with E-state index in [9.17, 15) is 0 Å². The van der Waals surface area contributed by atoms with E-state index in [0.29, 0.717) is 11.8 Å². The maximum Gasteiger partial charge on any atom is 4.00 e. The summed E-state index contributed by atoms with van der Waals surface area (Å²) in [5.74, 6) is 1.24. The van der Waals surface area contributed by atoms with Gasteiger partial charge in [0.15, 0.2) is 0 Å². The average molecular weight is 672 g/mol. The molecule has 0 amide bonds. The zero-order valence-electron chi connectivity index (χ0n) is 25.8. The van der Waals surface area contributed by atoms with E-state index in [0.717, 1.165) is 20.6 Å². The van der Waals surface area contributed by atoms with E-state index in [1.54, 1.807) is 0 Å². The van der Waals surface area contributed by atoms with Gasteiger partial charge in [-0.15, -0.1) is 0 Å². The van der Waals surface area contributed by atoms with Crippen molar-refractivity contribution in [1.29, 1.82) is 0 Å². The van der Waals surface area contributed by atoms with Crippen molar-refractivity contribution < 1.29 is 51.0 Å². The van der Waals surface area contributed by atoms with E-state index in [1.165, 1.54) is 46.2 Å². The maximum absolute atomic E-state index is 2.38. The molecule has 4 aromatic rings. The van der Waals surface area contributed by atoms with Gasteiger partial charge < -0.3 is 24.8 Å². The van der Waals surface area contributed by atoms with Gasteiger partial charge in [-0.2, -0.15) is 46.5 Å². The molecule has 0 fully saturated rings. The van der Waals surface area contributed by atoms with Crippen LogP contribution in [0.4, 0.5) is 0 Å². The van der Waals surface area contributed by atoms with Crippen molar-refractivity contribution in [2.45, 2.75) is 91.1 Å². The minimum absolute atomic E-state index is 0. The Bertz CT molecular complexity index is 1030. The summed E-state index contributed by atoms with van der Waals surface area (Å²) in [6.45, 7) is 18.2. The molecule has 0 aliphatic heterocycles. The van der Waals surface area contributed by atoms with Gasteiger partial charge in [0.1, 0.15) is 0 Å². The van der Waals surface area contributed by atoms with Gasteiger partial charge in [-0.25, -0.2) is 12.1 Å². The van der Waals surface area contributed by atoms with Crippen LogP contribution < -0.4 is 24.8 Å². The minimum atomic E-state index is 0. The van der Waals surface area contributed by atoms with Crippen molar-refractivity contribution in [1.82, 2.24) is 0 Å². The van der Waals surface area contributed by atoms with Crippen LogP contribution in [0.3, 0.4) is 0 Å². The summed E-state index contributed by atoms with van der Waals surface area (Å²) >= 11 is 0. The van der Waals surface area contributed by atoms with Crippen LogP contribution in [0, 0.1) is 0 Å². The average Bonchev–Trinajstić information content (AvgIpc) is 3.61. The number of hydrogen-bond acceptors (Lipinski definition) is 0. The van der Waals surface area contributed by atoms with Gasteiger partial charge in [0.05, 0.1) is 0 Å². The van der Waals surface area contributed by atoms with Crippen LogP contribution in [-0.2, 0) is 26.2 Å². The smallest absolute Gasteiger partial charge is 1.00 e. The van der Waals surface area contributed by atoms with Gasteiger partial charge in [-0.3, -0.25) is 0 Å². The van der Waals surface area contributed by atoms with Crippen LogP contribution in [0.1, 0.15) is 91.2 Å². The Balaban J connectivity index is 0. The summed E-state index contributed by atoms with van der Waals surface area (Å²) in [7, 11) is 0.720. The van der Waals surface area contributed by atoms with E-state index in [4.69, 9.17) is 0 Å². The predicted octanol–water partition coefficient (Wildman–Crippen LogP) is 5.26. The zero-order chi connectivity index (χ0) is 27.2. The zero-order valence-corrected chi connectivity index (χ0v) is 30.9. The first-order valence-electron chi connectivity index (χ1n) is 14.2. The second kappa shape index (κ2) is 22.4. The Labute approximate surface area is 280 Å². The molecule has 1 radical (unpaired) electrons. The normalized spacial score (nSPS) is 11.4. The first kappa shape index (κ1) is 41.0. The number of rotatable bonds is 8. The maximum atomic E-state index is 2.38. The van der Waals surface area contributed by atoms with Crippen molar-refractivity contribution in [2.24, 2.45) is 0 Å². The molecule has 0 bridgehead atoms. The minimum Gasteiger partial charge on any atom is -1.00 e. The fraction of sp³-hybridized carbons (Fsp3) is 0.389. The third-order valence-corrected chi connectivity index (χ3v) is 9.30. The van der Waals surface area contributed by atoms with E-state index in [1.807, 2.05) is 0 Å². The molecule has 215 valence electrons. The molecule has 0 nitrogen and oxygen atoms in total. The Morgan fingerprint density at radius 2 is 0.875 bits per heavy atom. The van der Waals surface area contributed by atoms with E-state index in [-0.39, 0.29) is 51.0 Å². The molecule has 0 saturated heterocycles. The largest absolute Gasteiger partial charge is 4.00 e. The predicted molar refractivity (Wildman–Crippen MR) is 170 cm³/mol. The monoisotopic (exact) mass is 669 g/mol. The summed E-state index contributed by atoms with van der Waals surface area (Å²) in [5.41, 5.74) is 10.1. The molecular weight excluding hydrogens is 623 g/mol. The van der Waals surface area contributed by atoms with Gasteiger partial charge in [0, 0.05) is 9.52 Å². The molecule has 2 unspecified atom stereocenters. The fourth-order valence-electron chi connectivity index (χ4n) is 4.10. The van der Waals surface area contributed by atoms with Crippen LogP contribution in [0.15, 0.2) is 97.1 Å². The van der Waals surface area contributed by atoms with E-state index >= 15 is 0 Å². The second-order valence-corrected chi connectivity index (χ2v) is 13.5. The first-order chi connectivity index (χ1) is 17.7. The second-order valence-electron chi connectivity index (χ2n) is 10.9. The first-order valence-corrected chi connectivity index (χ1v) is 15.6. The van der Waals surface area contributed by atoms with Crippen LogP contribution in [-0.4, -0.2) is 9.52 Å². The Hall–Kier alpha value is -1.18. The van der Waals surface area contributed by atoms with Crippen molar-refractivity contribution in [3.8, 4) is 22.3 Å². The third-order valence-electron chi connectivity index (χ3n) is 7.05. The fourth-order valence-corrected chi connectivity index (χ4v) is 5.76. The number of benzene rings is 2. The summed E-state index contributed by atoms with van der Waals surface area (Å²) in [6.07, 6.45) is 2.75. The SMILES string of the molecule is CC(C)c1cc(-c2ccccc2)c[cH-]1.CC(C)c1cc(-c2ccccc2)c[cH-]1.CCC(C)[SiH]C(C)CC.[Cl-].[Cl-].[Zr+4]. The summed E-state index contributed by atoms with van der Waals surface area (Å²) in [4.78, 5) is 0. The Morgan fingerprint density at radius 3 is 1.12 bits per heavy atom.